The van der Waals surface area contributed by atoms with Crippen molar-refractivity contribution in [3.63, 3.8) is 0 Å². The second-order valence-electron chi connectivity index (χ2n) is 5.08. The number of benzene rings is 2. The van der Waals surface area contributed by atoms with E-state index in [-0.39, 0.29) is 5.91 Å². The summed E-state index contributed by atoms with van der Waals surface area (Å²) in [5.41, 5.74) is 0.239. The summed E-state index contributed by atoms with van der Waals surface area (Å²) in [5, 5.41) is 0. The molecular weight excluding hydrogens is 291 g/mol. The van der Waals surface area contributed by atoms with E-state index in [1.807, 2.05) is 0 Å². The summed E-state index contributed by atoms with van der Waals surface area (Å²) in [7, 11) is 1.58. The van der Waals surface area contributed by atoms with Crippen molar-refractivity contribution in [3.8, 4) is 0 Å². The van der Waals surface area contributed by atoms with Gasteiger partial charge in [0.1, 0.15) is 0 Å². The number of halogens is 3. The van der Waals surface area contributed by atoms with Crippen LogP contribution in [0.1, 0.15) is 34.5 Å². The van der Waals surface area contributed by atoms with Gasteiger partial charge in [0, 0.05) is 12.6 Å². The lowest BCUT2D eigenvalue weighted by Crippen LogP contribution is -2.29. The Bertz CT molecular complexity index is 652. The van der Waals surface area contributed by atoms with Crippen LogP contribution in [0.3, 0.4) is 0 Å². The van der Waals surface area contributed by atoms with Crippen molar-refractivity contribution in [3.05, 3.63) is 71.3 Å². The Morgan fingerprint density at radius 3 is 2.27 bits per heavy atom. The number of hydrogen-bond donors (Lipinski definition) is 0. The fourth-order valence-corrected chi connectivity index (χ4v) is 2.16. The van der Waals surface area contributed by atoms with E-state index >= 15 is 0 Å². The average Bonchev–Trinajstić information content (AvgIpc) is 2.53. The molecule has 0 unspecified atom stereocenters. The molecule has 2 rings (SSSR count). The van der Waals surface area contributed by atoms with E-state index in [1.54, 1.807) is 50.4 Å². The third-order valence-corrected chi connectivity index (χ3v) is 3.62. The molecule has 2 aromatic carbocycles. The number of alkyl halides is 3. The summed E-state index contributed by atoms with van der Waals surface area (Å²) in [6, 6.07) is 13.2. The van der Waals surface area contributed by atoms with Crippen molar-refractivity contribution in [1.82, 2.24) is 4.90 Å². The highest BCUT2D eigenvalue weighted by Crippen LogP contribution is 2.31. The minimum Gasteiger partial charge on any atom is -0.335 e. The number of rotatable bonds is 3. The van der Waals surface area contributed by atoms with Crippen molar-refractivity contribution in [2.24, 2.45) is 0 Å². The first-order valence-electron chi connectivity index (χ1n) is 6.80. The summed E-state index contributed by atoms with van der Waals surface area (Å²) in [6.07, 6.45) is -4.39. The van der Waals surface area contributed by atoms with Crippen molar-refractivity contribution in [1.29, 1.82) is 0 Å². The molecule has 0 aliphatic rings. The molecule has 0 aromatic heterocycles. The number of hydrogen-bond acceptors (Lipinski definition) is 1. The molecule has 0 heterocycles. The Morgan fingerprint density at radius 1 is 1.05 bits per heavy atom. The van der Waals surface area contributed by atoms with Crippen LogP contribution in [0.25, 0.3) is 0 Å². The Balaban J connectivity index is 2.24. The Kier molecular flexibility index (Phi) is 4.54. The molecular formula is C17H16F3NO. The molecule has 0 spiro atoms. The summed E-state index contributed by atoms with van der Waals surface area (Å²) >= 11 is 0. The predicted molar refractivity (Wildman–Crippen MR) is 78.4 cm³/mol. The molecule has 0 aliphatic heterocycles. The first kappa shape index (κ1) is 16.1. The van der Waals surface area contributed by atoms with Crippen LogP contribution < -0.4 is 0 Å². The molecule has 0 bridgehead atoms. The quantitative estimate of drug-likeness (QED) is 0.815. The summed E-state index contributed by atoms with van der Waals surface area (Å²) in [6.45, 7) is 1.70. The molecule has 1 amide bonds. The predicted octanol–water partition coefficient (Wildman–Crippen LogP) is 4.54. The monoisotopic (exact) mass is 307 g/mol. The van der Waals surface area contributed by atoms with E-state index in [4.69, 9.17) is 0 Å². The van der Waals surface area contributed by atoms with E-state index in [1.165, 1.54) is 11.0 Å². The van der Waals surface area contributed by atoms with E-state index in [0.29, 0.717) is 11.1 Å². The van der Waals surface area contributed by atoms with Gasteiger partial charge in [-0.1, -0.05) is 30.3 Å². The normalized spacial score (nSPS) is 12.8. The highest BCUT2D eigenvalue weighted by molar-refractivity contribution is 5.94. The van der Waals surface area contributed by atoms with Gasteiger partial charge in [0.05, 0.1) is 11.6 Å². The zero-order chi connectivity index (χ0) is 16.3. The van der Waals surface area contributed by atoms with Gasteiger partial charge in [0.25, 0.3) is 5.91 Å². The highest BCUT2D eigenvalue weighted by Gasteiger charge is 2.31. The second kappa shape index (κ2) is 6.22. The zero-order valence-corrected chi connectivity index (χ0v) is 12.3. The average molecular weight is 307 g/mol. The van der Waals surface area contributed by atoms with E-state index in [0.717, 1.165) is 12.1 Å². The first-order chi connectivity index (χ1) is 10.3. The third kappa shape index (κ3) is 3.47. The number of amides is 1. The maximum Gasteiger partial charge on any atom is 0.416 e. The SMILES string of the molecule is C[C@H](c1cccc(C(F)(F)F)c1)N(C)C(=O)c1ccccc1. The second-order valence-corrected chi connectivity index (χ2v) is 5.08. The Hall–Kier alpha value is -2.30. The molecule has 0 fully saturated rings. The maximum absolute atomic E-state index is 12.8. The van der Waals surface area contributed by atoms with E-state index < -0.39 is 17.8 Å². The standard InChI is InChI=1S/C17H16F3NO/c1-12(14-9-6-10-15(11-14)17(18,19)20)21(2)16(22)13-7-4-3-5-8-13/h3-12H,1-2H3/t12-/m1/s1. The zero-order valence-electron chi connectivity index (χ0n) is 12.3. The minimum absolute atomic E-state index is 0.231. The summed E-state index contributed by atoms with van der Waals surface area (Å²) in [4.78, 5) is 13.8. The molecule has 116 valence electrons. The molecule has 1 atom stereocenters. The van der Waals surface area contributed by atoms with Gasteiger partial charge in [-0.25, -0.2) is 0 Å². The summed E-state index contributed by atoms with van der Waals surface area (Å²) in [5.74, 6) is -0.231. The van der Waals surface area contributed by atoms with Crippen LogP contribution in [0.5, 0.6) is 0 Å². The molecule has 2 nitrogen and oxygen atoms in total. The largest absolute Gasteiger partial charge is 0.416 e. The van der Waals surface area contributed by atoms with Gasteiger partial charge >= 0.3 is 6.18 Å². The summed E-state index contributed by atoms with van der Waals surface area (Å²) < 4.78 is 38.3. The lowest BCUT2D eigenvalue weighted by molar-refractivity contribution is -0.137. The van der Waals surface area contributed by atoms with Crippen molar-refractivity contribution < 1.29 is 18.0 Å². The van der Waals surface area contributed by atoms with Crippen molar-refractivity contribution >= 4 is 5.91 Å². The number of carbonyl (C=O) groups is 1. The molecule has 0 radical (unpaired) electrons. The molecule has 0 N–H and O–H groups in total. The van der Waals surface area contributed by atoms with Gasteiger partial charge in [-0.15, -0.1) is 0 Å². The van der Waals surface area contributed by atoms with Gasteiger partial charge in [-0.05, 0) is 36.8 Å². The minimum atomic E-state index is -4.39. The van der Waals surface area contributed by atoms with Gasteiger partial charge in [-0.2, -0.15) is 13.2 Å². The van der Waals surface area contributed by atoms with Crippen LogP contribution >= 0.6 is 0 Å². The van der Waals surface area contributed by atoms with Gasteiger partial charge in [0.2, 0.25) is 0 Å². The van der Waals surface area contributed by atoms with Crippen LogP contribution in [0.2, 0.25) is 0 Å². The molecule has 0 saturated heterocycles. The van der Waals surface area contributed by atoms with Crippen molar-refractivity contribution in [2.45, 2.75) is 19.1 Å². The van der Waals surface area contributed by atoms with Crippen LogP contribution in [0.4, 0.5) is 13.2 Å². The molecule has 5 heteroatoms. The number of nitrogens with zero attached hydrogens (tertiary/aromatic N) is 1. The van der Waals surface area contributed by atoms with Gasteiger partial charge in [-0.3, -0.25) is 4.79 Å². The van der Waals surface area contributed by atoms with Gasteiger partial charge < -0.3 is 4.90 Å². The van der Waals surface area contributed by atoms with E-state index in [9.17, 15) is 18.0 Å². The fraction of sp³-hybridized carbons (Fsp3) is 0.235. The highest BCUT2D eigenvalue weighted by atomic mass is 19.4. The molecule has 0 saturated carbocycles. The first-order valence-corrected chi connectivity index (χ1v) is 6.80. The maximum atomic E-state index is 12.8. The number of carbonyl (C=O) groups excluding carboxylic acids is 1. The van der Waals surface area contributed by atoms with Crippen molar-refractivity contribution in [2.75, 3.05) is 7.05 Å². The van der Waals surface area contributed by atoms with Crippen LogP contribution in [-0.4, -0.2) is 17.9 Å². The van der Waals surface area contributed by atoms with E-state index in [2.05, 4.69) is 0 Å². The topological polar surface area (TPSA) is 20.3 Å². The molecule has 0 aliphatic carbocycles. The lowest BCUT2D eigenvalue weighted by atomic mass is 10.0. The van der Waals surface area contributed by atoms with Crippen LogP contribution in [0, 0.1) is 0 Å². The Labute approximate surface area is 127 Å². The molecule has 2 aromatic rings. The lowest BCUT2D eigenvalue weighted by Gasteiger charge is -2.26. The smallest absolute Gasteiger partial charge is 0.335 e. The fourth-order valence-electron chi connectivity index (χ4n) is 2.16. The van der Waals surface area contributed by atoms with Crippen LogP contribution in [-0.2, 0) is 6.18 Å². The Morgan fingerprint density at radius 2 is 1.68 bits per heavy atom. The van der Waals surface area contributed by atoms with Crippen LogP contribution in [0.15, 0.2) is 54.6 Å². The third-order valence-electron chi connectivity index (χ3n) is 3.62. The van der Waals surface area contributed by atoms with Gasteiger partial charge in [0.15, 0.2) is 0 Å². The molecule has 22 heavy (non-hydrogen) atoms.